The van der Waals surface area contributed by atoms with Crippen LogP contribution in [0.3, 0.4) is 0 Å². The first-order valence-electron chi connectivity index (χ1n) is 20.3. The lowest BCUT2D eigenvalue weighted by atomic mass is 9.97. The molecule has 52 heavy (non-hydrogen) atoms. The molecule has 0 aromatic rings. The van der Waals surface area contributed by atoms with E-state index in [1.165, 1.54) is 57.8 Å². The zero-order valence-corrected chi connectivity index (χ0v) is 31.8. The highest BCUT2D eigenvalue weighted by Gasteiger charge is 2.50. The van der Waals surface area contributed by atoms with Crippen LogP contribution in [0.15, 0.2) is 0 Å². The van der Waals surface area contributed by atoms with E-state index in [4.69, 9.17) is 18.9 Å². The summed E-state index contributed by atoms with van der Waals surface area (Å²) in [7, 11) is 0. The van der Waals surface area contributed by atoms with Crippen molar-refractivity contribution in [2.45, 2.75) is 216 Å². The Kier molecular flexibility index (Phi) is 25.0. The lowest BCUT2D eigenvalue weighted by Gasteiger charge is -2.46. The number of carbonyl (C=O) groups excluding carboxylic acids is 1. The predicted octanol–water partition coefficient (Wildman–Crippen LogP) is 2.31. The smallest absolute Gasteiger partial charge is 0.220 e. The highest BCUT2D eigenvalue weighted by atomic mass is 16.7. The van der Waals surface area contributed by atoms with Crippen molar-refractivity contribution in [2.24, 2.45) is 0 Å². The lowest BCUT2D eigenvalue weighted by molar-refractivity contribution is -0.359. The van der Waals surface area contributed by atoms with Crippen molar-refractivity contribution in [3.8, 4) is 0 Å². The van der Waals surface area contributed by atoms with Crippen molar-refractivity contribution < 1.29 is 64.6 Å². The molecule has 2 heterocycles. The molecule has 1 amide bonds. The van der Waals surface area contributed by atoms with E-state index in [9.17, 15) is 45.6 Å². The molecule has 12 unspecified atom stereocenters. The molecule has 0 aromatic carbocycles. The molecule has 14 nitrogen and oxygen atoms in total. The number of carbonyl (C=O) groups is 1. The molecule has 2 aliphatic heterocycles. The molecule has 0 bridgehead atoms. The molecule has 2 aliphatic rings. The molecule has 0 saturated carbocycles. The molecule has 0 spiro atoms. The number of aliphatic hydroxyl groups is 8. The maximum Gasteiger partial charge on any atom is 0.220 e. The van der Waals surface area contributed by atoms with Gasteiger partial charge in [-0.25, -0.2) is 0 Å². The van der Waals surface area contributed by atoms with E-state index in [0.717, 1.165) is 57.8 Å². The second-order valence-corrected chi connectivity index (χ2v) is 14.8. The van der Waals surface area contributed by atoms with Gasteiger partial charge in [-0.1, -0.05) is 123 Å². The number of ether oxygens (including phenoxy) is 4. The van der Waals surface area contributed by atoms with E-state index in [1.54, 1.807) is 0 Å². The third-order valence-electron chi connectivity index (χ3n) is 10.3. The van der Waals surface area contributed by atoms with Crippen LogP contribution in [0.5, 0.6) is 0 Å². The van der Waals surface area contributed by atoms with Gasteiger partial charge in [-0.3, -0.25) is 4.79 Å². The Bertz CT molecular complexity index is 899. The fraction of sp³-hybridized carbons (Fsp3) is 0.974. The van der Waals surface area contributed by atoms with Crippen LogP contribution in [0, 0.1) is 0 Å². The van der Waals surface area contributed by atoms with Crippen LogP contribution in [0.4, 0.5) is 0 Å². The molecular formula is C38H73NO13. The summed E-state index contributed by atoms with van der Waals surface area (Å²) in [6, 6.07) is -0.816. The predicted molar refractivity (Wildman–Crippen MR) is 194 cm³/mol. The maximum absolute atomic E-state index is 12.9. The van der Waals surface area contributed by atoms with Gasteiger partial charge in [-0.05, 0) is 12.8 Å². The summed E-state index contributed by atoms with van der Waals surface area (Å²) in [6.45, 7) is 2.73. The molecule has 2 saturated heterocycles. The van der Waals surface area contributed by atoms with E-state index < -0.39 is 86.8 Å². The van der Waals surface area contributed by atoms with Gasteiger partial charge in [0.2, 0.25) is 5.91 Å². The van der Waals surface area contributed by atoms with Crippen molar-refractivity contribution in [1.82, 2.24) is 5.32 Å². The minimum Gasteiger partial charge on any atom is -0.394 e. The quantitative estimate of drug-likeness (QED) is 0.0501. The Hall–Kier alpha value is -1.01. The molecule has 308 valence electrons. The minimum absolute atomic E-state index is 0.218. The monoisotopic (exact) mass is 752 g/mol. The molecule has 0 aromatic heterocycles. The van der Waals surface area contributed by atoms with E-state index in [-0.39, 0.29) is 12.5 Å². The number of unbranched alkanes of at least 4 members (excludes halogenated alkanes) is 16. The fourth-order valence-corrected chi connectivity index (χ4v) is 6.88. The summed E-state index contributed by atoms with van der Waals surface area (Å²) in [4.78, 5) is 12.9. The summed E-state index contributed by atoms with van der Waals surface area (Å²) in [5.41, 5.74) is 0. The van der Waals surface area contributed by atoms with Crippen LogP contribution >= 0.6 is 0 Å². The number of nitrogens with one attached hydrogen (secondary N) is 1. The van der Waals surface area contributed by atoms with Gasteiger partial charge in [-0.15, -0.1) is 0 Å². The van der Waals surface area contributed by atoms with Crippen molar-refractivity contribution in [2.75, 3.05) is 19.8 Å². The van der Waals surface area contributed by atoms with Crippen LogP contribution in [0.1, 0.15) is 142 Å². The molecule has 0 aliphatic carbocycles. The average molecular weight is 752 g/mol. The topological polar surface area (TPSA) is 228 Å². The average Bonchev–Trinajstić information content (AvgIpc) is 3.14. The summed E-state index contributed by atoms with van der Waals surface area (Å²) in [5, 5.41) is 86.1. The van der Waals surface area contributed by atoms with Crippen molar-refractivity contribution >= 4 is 5.91 Å². The molecule has 14 heteroatoms. The molecule has 2 rings (SSSR count). The van der Waals surface area contributed by atoms with Gasteiger partial charge in [0.05, 0.1) is 32.0 Å². The molecule has 0 radical (unpaired) electrons. The van der Waals surface area contributed by atoms with Crippen LogP contribution in [-0.4, -0.2) is 140 Å². The largest absolute Gasteiger partial charge is 0.394 e. The van der Waals surface area contributed by atoms with E-state index in [0.29, 0.717) is 12.8 Å². The fourth-order valence-electron chi connectivity index (χ4n) is 6.88. The summed E-state index contributed by atoms with van der Waals surface area (Å²) in [5.74, 6) is -0.218. The van der Waals surface area contributed by atoms with Gasteiger partial charge >= 0.3 is 0 Å². The number of rotatable bonds is 29. The second-order valence-electron chi connectivity index (χ2n) is 14.8. The Balaban J connectivity index is 1.92. The van der Waals surface area contributed by atoms with E-state index >= 15 is 0 Å². The highest BCUT2D eigenvalue weighted by Crippen LogP contribution is 2.30. The molecule has 9 N–H and O–H groups in total. The van der Waals surface area contributed by atoms with Crippen LogP contribution < -0.4 is 5.32 Å². The van der Waals surface area contributed by atoms with E-state index in [2.05, 4.69) is 19.2 Å². The van der Waals surface area contributed by atoms with Gasteiger partial charge in [0.15, 0.2) is 12.6 Å². The van der Waals surface area contributed by atoms with Crippen LogP contribution in [0.2, 0.25) is 0 Å². The normalized spacial score (nSPS) is 30.7. The minimum atomic E-state index is -1.78. The molecular weight excluding hydrogens is 678 g/mol. The van der Waals surface area contributed by atoms with Gasteiger partial charge in [0.1, 0.15) is 48.8 Å². The number of hydrogen-bond donors (Lipinski definition) is 9. The van der Waals surface area contributed by atoms with Crippen molar-refractivity contribution in [1.29, 1.82) is 0 Å². The first-order chi connectivity index (χ1) is 25.1. The van der Waals surface area contributed by atoms with Crippen molar-refractivity contribution in [3.63, 3.8) is 0 Å². The first kappa shape index (κ1) is 47.1. The maximum atomic E-state index is 12.9. The zero-order chi connectivity index (χ0) is 38.3. The molecule has 12 atom stereocenters. The number of amides is 1. The SMILES string of the molecule is CCCCCCCCCCCCCCC(O)C(COC1OC(CO)C(OC2OC(CO)C(O)C(O)C2O)C(O)C1O)NC(=O)CCCCCCCC. The summed E-state index contributed by atoms with van der Waals surface area (Å²) < 4.78 is 22.5. The second kappa shape index (κ2) is 27.6. The van der Waals surface area contributed by atoms with Gasteiger partial charge < -0.3 is 65.1 Å². The first-order valence-corrected chi connectivity index (χ1v) is 20.3. The highest BCUT2D eigenvalue weighted by molar-refractivity contribution is 5.76. The molecule has 2 fully saturated rings. The van der Waals surface area contributed by atoms with Crippen LogP contribution in [-0.2, 0) is 23.7 Å². The summed E-state index contributed by atoms with van der Waals surface area (Å²) in [6.07, 6.45) is 4.46. The number of aliphatic hydroxyl groups excluding tert-OH is 8. The van der Waals surface area contributed by atoms with Crippen LogP contribution in [0.25, 0.3) is 0 Å². The zero-order valence-electron chi connectivity index (χ0n) is 31.8. The third kappa shape index (κ3) is 16.8. The van der Waals surface area contributed by atoms with Gasteiger partial charge in [0.25, 0.3) is 0 Å². The Morgan fingerprint density at radius 3 is 1.63 bits per heavy atom. The van der Waals surface area contributed by atoms with E-state index in [1.807, 2.05) is 0 Å². The Morgan fingerprint density at radius 2 is 1.10 bits per heavy atom. The number of hydrogen-bond acceptors (Lipinski definition) is 13. The van der Waals surface area contributed by atoms with Crippen molar-refractivity contribution in [3.05, 3.63) is 0 Å². The Labute approximate surface area is 311 Å². The third-order valence-corrected chi connectivity index (χ3v) is 10.3. The Morgan fingerprint density at radius 1 is 0.615 bits per heavy atom. The van der Waals surface area contributed by atoms with Gasteiger partial charge in [-0.2, -0.15) is 0 Å². The lowest BCUT2D eigenvalue weighted by Crippen LogP contribution is -2.65. The summed E-state index contributed by atoms with van der Waals surface area (Å²) >= 11 is 0. The standard InChI is InChI=1S/C38H73NO13/c1-3-5-7-9-11-12-13-14-15-16-17-19-21-27(42)26(39-30(43)22-20-18-10-8-6-4-2)25-49-37-35(48)33(46)36(29(24-41)51-37)52-38-34(47)32(45)31(44)28(23-40)50-38/h26-29,31-38,40-42,44-48H,3-25H2,1-2H3,(H,39,43). The van der Waals surface area contributed by atoms with Gasteiger partial charge in [0, 0.05) is 6.42 Å².